The Bertz CT molecular complexity index is 437. The zero-order chi connectivity index (χ0) is 13.8. The van der Waals surface area contributed by atoms with Crippen molar-refractivity contribution in [1.29, 1.82) is 0 Å². The van der Waals surface area contributed by atoms with Gasteiger partial charge in [0.15, 0.2) is 0 Å². The van der Waals surface area contributed by atoms with E-state index < -0.39 is 0 Å². The van der Waals surface area contributed by atoms with Gasteiger partial charge in [0, 0.05) is 25.2 Å². The van der Waals surface area contributed by atoms with Crippen LogP contribution in [-0.4, -0.2) is 36.2 Å². The van der Waals surface area contributed by atoms with Crippen molar-refractivity contribution in [1.82, 2.24) is 10.2 Å². The second kappa shape index (κ2) is 6.27. The molecule has 4 heteroatoms. The summed E-state index contributed by atoms with van der Waals surface area (Å²) in [6.45, 7) is 1.97. The third-order valence-corrected chi connectivity index (χ3v) is 4.01. The number of benzene rings is 1. The maximum absolute atomic E-state index is 12.0. The van der Waals surface area contributed by atoms with Gasteiger partial charge in [-0.25, -0.2) is 4.79 Å². The monoisotopic (exact) mass is 274 g/mol. The molecule has 0 bridgehead atoms. The van der Waals surface area contributed by atoms with Crippen molar-refractivity contribution in [3.63, 3.8) is 0 Å². The lowest BCUT2D eigenvalue weighted by Gasteiger charge is -2.31. The summed E-state index contributed by atoms with van der Waals surface area (Å²) in [7, 11) is 0. The number of nitrogens with zero attached hydrogens (tertiary/aromatic N) is 1. The number of likely N-dealkylation sites (tertiary alicyclic amines) is 1. The van der Waals surface area contributed by atoms with E-state index in [0.29, 0.717) is 12.6 Å². The summed E-state index contributed by atoms with van der Waals surface area (Å²) >= 11 is 0. The molecule has 1 saturated carbocycles. The van der Waals surface area contributed by atoms with Crippen LogP contribution in [0.3, 0.4) is 0 Å². The number of amides is 1. The summed E-state index contributed by atoms with van der Waals surface area (Å²) < 4.78 is 5.36. The fourth-order valence-corrected chi connectivity index (χ4v) is 2.62. The van der Waals surface area contributed by atoms with Crippen molar-refractivity contribution < 1.29 is 9.53 Å². The Hall–Kier alpha value is -1.55. The van der Waals surface area contributed by atoms with Crippen molar-refractivity contribution in [2.75, 3.05) is 13.1 Å². The molecule has 0 unspecified atom stereocenters. The van der Waals surface area contributed by atoms with Gasteiger partial charge in [0.25, 0.3) is 0 Å². The molecule has 1 saturated heterocycles. The lowest BCUT2D eigenvalue weighted by molar-refractivity contribution is 0.0852. The molecule has 108 valence electrons. The van der Waals surface area contributed by atoms with E-state index in [0.717, 1.165) is 37.5 Å². The number of carbonyl (C=O) groups is 1. The van der Waals surface area contributed by atoms with Crippen LogP contribution in [0.1, 0.15) is 31.2 Å². The van der Waals surface area contributed by atoms with Gasteiger partial charge in [-0.05, 0) is 31.2 Å². The first kappa shape index (κ1) is 13.4. The third kappa shape index (κ3) is 3.73. The van der Waals surface area contributed by atoms with Gasteiger partial charge in [-0.15, -0.1) is 0 Å². The molecular formula is C16H22N2O2. The average Bonchev–Trinajstić information content (AvgIpc) is 3.31. The predicted molar refractivity (Wildman–Crippen MR) is 77.4 cm³/mol. The van der Waals surface area contributed by atoms with Crippen molar-refractivity contribution >= 4 is 6.09 Å². The highest BCUT2D eigenvalue weighted by Gasteiger charge is 2.28. The van der Waals surface area contributed by atoms with E-state index in [4.69, 9.17) is 4.74 Å². The smallest absolute Gasteiger partial charge is 0.410 e. The largest absolute Gasteiger partial charge is 0.445 e. The molecule has 1 aliphatic carbocycles. The first-order chi connectivity index (χ1) is 9.81. The molecule has 1 amide bonds. The fraction of sp³-hybridized carbons (Fsp3) is 0.562. The Morgan fingerprint density at radius 3 is 2.40 bits per heavy atom. The van der Waals surface area contributed by atoms with Crippen LogP contribution in [0, 0.1) is 0 Å². The zero-order valence-corrected chi connectivity index (χ0v) is 11.8. The van der Waals surface area contributed by atoms with E-state index in [1.54, 1.807) is 0 Å². The van der Waals surface area contributed by atoms with E-state index >= 15 is 0 Å². The van der Waals surface area contributed by atoms with E-state index in [1.165, 1.54) is 12.8 Å². The maximum Gasteiger partial charge on any atom is 0.410 e. The highest BCUT2D eigenvalue weighted by atomic mass is 16.6. The summed E-state index contributed by atoms with van der Waals surface area (Å²) in [6, 6.07) is 11.1. The summed E-state index contributed by atoms with van der Waals surface area (Å²) in [5.41, 5.74) is 1.03. The van der Waals surface area contributed by atoms with Gasteiger partial charge in [-0.3, -0.25) is 0 Å². The maximum atomic E-state index is 12.0. The molecular weight excluding hydrogens is 252 g/mol. The summed E-state index contributed by atoms with van der Waals surface area (Å²) in [5.74, 6) is 0. The highest BCUT2D eigenvalue weighted by Crippen LogP contribution is 2.22. The number of hydrogen-bond donors (Lipinski definition) is 1. The van der Waals surface area contributed by atoms with Crippen LogP contribution >= 0.6 is 0 Å². The van der Waals surface area contributed by atoms with Crippen LogP contribution in [0.5, 0.6) is 0 Å². The van der Waals surface area contributed by atoms with Gasteiger partial charge in [0.2, 0.25) is 0 Å². The number of rotatable bonds is 4. The third-order valence-electron chi connectivity index (χ3n) is 4.01. The molecule has 3 rings (SSSR count). The second-order valence-electron chi connectivity index (χ2n) is 5.74. The quantitative estimate of drug-likeness (QED) is 0.917. The minimum Gasteiger partial charge on any atom is -0.445 e. The van der Waals surface area contributed by atoms with Crippen molar-refractivity contribution in [2.24, 2.45) is 0 Å². The van der Waals surface area contributed by atoms with Crippen LogP contribution in [0.4, 0.5) is 4.79 Å². The number of piperidine rings is 1. The minimum absolute atomic E-state index is 0.182. The van der Waals surface area contributed by atoms with Gasteiger partial charge in [0.1, 0.15) is 6.61 Å². The van der Waals surface area contributed by atoms with Crippen LogP contribution in [0.2, 0.25) is 0 Å². The molecule has 1 aromatic rings. The summed E-state index contributed by atoms with van der Waals surface area (Å²) in [6.07, 6.45) is 4.53. The second-order valence-corrected chi connectivity index (χ2v) is 5.74. The lowest BCUT2D eigenvalue weighted by Crippen LogP contribution is -2.45. The molecule has 1 aliphatic heterocycles. The van der Waals surface area contributed by atoms with Crippen LogP contribution in [-0.2, 0) is 11.3 Å². The van der Waals surface area contributed by atoms with E-state index in [-0.39, 0.29) is 6.09 Å². The highest BCUT2D eigenvalue weighted by molar-refractivity contribution is 5.67. The van der Waals surface area contributed by atoms with E-state index in [1.807, 2.05) is 35.2 Å². The Morgan fingerprint density at radius 1 is 1.10 bits per heavy atom. The van der Waals surface area contributed by atoms with Gasteiger partial charge >= 0.3 is 6.09 Å². The molecule has 0 spiro atoms. The number of hydrogen-bond acceptors (Lipinski definition) is 3. The first-order valence-corrected chi connectivity index (χ1v) is 7.53. The Morgan fingerprint density at radius 2 is 1.75 bits per heavy atom. The van der Waals surface area contributed by atoms with E-state index in [2.05, 4.69) is 5.32 Å². The Kier molecular flexibility index (Phi) is 4.21. The molecule has 1 aromatic carbocycles. The molecule has 0 aromatic heterocycles. The molecule has 1 heterocycles. The van der Waals surface area contributed by atoms with Crippen LogP contribution in [0.25, 0.3) is 0 Å². The first-order valence-electron chi connectivity index (χ1n) is 7.53. The lowest BCUT2D eigenvalue weighted by atomic mass is 10.1. The van der Waals surface area contributed by atoms with Crippen molar-refractivity contribution in [3.05, 3.63) is 35.9 Å². The number of ether oxygens (including phenoxy) is 1. The van der Waals surface area contributed by atoms with Crippen LogP contribution < -0.4 is 5.32 Å². The molecule has 0 atom stereocenters. The van der Waals surface area contributed by atoms with Crippen molar-refractivity contribution in [2.45, 2.75) is 44.4 Å². The van der Waals surface area contributed by atoms with Gasteiger partial charge in [-0.1, -0.05) is 30.3 Å². The SMILES string of the molecule is O=C(OCc1ccccc1)N1CCC(NC2CC2)CC1. The Labute approximate surface area is 120 Å². The average molecular weight is 274 g/mol. The molecule has 2 fully saturated rings. The number of carbonyl (C=O) groups excluding carboxylic acids is 1. The topological polar surface area (TPSA) is 41.6 Å². The molecule has 4 nitrogen and oxygen atoms in total. The summed E-state index contributed by atoms with van der Waals surface area (Å²) in [5, 5.41) is 3.63. The number of nitrogens with one attached hydrogen (secondary N) is 1. The zero-order valence-electron chi connectivity index (χ0n) is 11.8. The van der Waals surface area contributed by atoms with Crippen molar-refractivity contribution in [3.8, 4) is 0 Å². The predicted octanol–water partition coefficient (Wildman–Crippen LogP) is 2.54. The minimum atomic E-state index is -0.182. The molecule has 2 aliphatic rings. The molecule has 20 heavy (non-hydrogen) atoms. The van der Waals surface area contributed by atoms with Gasteiger partial charge in [-0.2, -0.15) is 0 Å². The van der Waals surface area contributed by atoms with Gasteiger partial charge < -0.3 is 15.0 Å². The Balaban J connectivity index is 1.39. The molecule has 0 radical (unpaired) electrons. The van der Waals surface area contributed by atoms with Gasteiger partial charge in [0.05, 0.1) is 0 Å². The normalized spacial score (nSPS) is 19.9. The fourth-order valence-electron chi connectivity index (χ4n) is 2.62. The van der Waals surface area contributed by atoms with E-state index in [9.17, 15) is 4.79 Å². The molecule has 1 N–H and O–H groups in total. The summed E-state index contributed by atoms with van der Waals surface area (Å²) in [4.78, 5) is 13.8. The standard InChI is InChI=1S/C16H22N2O2/c19-16(20-12-13-4-2-1-3-5-13)18-10-8-15(9-11-18)17-14-6-7-14/h1-5,14-15,17H,6-12H2. The van der Waals surface area contributed by atoms with Crippen LogP contribution in [0.15, 0.2) is 30.3 Å².